The van der Waals surface area contributed by atoms with Crippen molar-refractivity contribution in [1.29, 1.82) is 0 Å². The molecular formula is C28H36N2O8. The number of aromatic hydroxyl groups is 1. The third-order valence-electron chi connectivity index (χ3n) is 8.19. The molecule has 0 heterocycles. The van der Waals surface area contributed by atoms with Gasteiger partial charge in [0.05, 0.1) is 23.6 Å². The number of hydrogen-bond donors (Lipinski definition) is 6. The Morgan fingerprint density at radius 1 is 1.16 bits per heavy atom. The number of carbonyl (C=O) groups excluding carboxylic acids is 3. The van der Waals surface area contributed by atoms with E-state index in [1.165, 1.54) is 19.0 Å². The normalized spacial score (nSPS) is 31.1. The van der Waals surface area contributed by atoms with Crippen molar-refractivity contribution in [2.75, 3.05) is 20.6 Å². The van der Waals surface area contributed by atoms with Crippen molar-refractivity contribution in [3.63, 3.8) is 0 Å². The molecule has 0 aliphatic heterocycles. The first-order chi connectivity index (χ1) is 17.7. The van der Waals surface area contributed by atoms with Gasteiger partial charge in [0.25, 0.3) is 0 Å². The second-order valence-electron chi connectivity index (χ2n) is 11.3. The van der Waals surface area contributed by atoms with E-state index in [9.17, 15) is 39.9 Å². The number of phenols is 1. The monoisotopic (exact) mass is 528 g/mol. The van der Waals surface area contributed by atoms with Crippen molar-refractivity contribution in [1.82, 2.24) is 10.2 Å². The number of nitrogens with one attached hydrogen (secondary N) is 1. The van der Waals surface area contributed by atoms with Gasteiger partial charge < -0.3 is 30.8 Å². The summed E-state index contributed by atoms with van der Waals surface area (Å²) in [6, 6.07) is 2.19. The van der Waals surface area contributed by atoms with Crippen LogP contribution in [-0.2, 0) is 16.1 Å². The molecule has 10 heteroatoms. The van der Waals surface area contributed by atoms with Crippen LogP contribution in [0.1, 0.15) is 55.1 Å². The minimum atomic E-state index is -2.84. The zero-order valence-electron chi connectivity index (χ0n) is 22.4. The van der Waals surface area contributed by atoms with Crippen LogP contribution in [0.4, 0.5) is 0 Å². The lowest BCUT2D eigenvalue weighted by atomic mass is 9.55. The Kier molecular flexibility index (Phi) is 7.07. The second kappa shape index (κ2) is 9.60. The maximum absolute atomic E-state index is 13.9. The Bertz CT molecular complexity index is 1280. The first kappa shape index (κ1) is 28.0. The van der Waals surface area contributed by atoms with Gasteiger partial charge in [-0.2, -0.15) is 0 Å². The Labute approximate surface area is 221 Å². The fraction of sp³-hybridized carbons (Fsp3) is 0.536. The largest absolute Gasteiger partial charge is 0.510 e. The van der Waals surface area contributed by atoms with Gasteiger partial charge in [0.2, 0.25) is 5.78 Å². The van der Waals surface area contributed by atoms with Gasteiger partial charge in [-0.05, 0) is 45.0 Å². The first-order valence-electron chi connectivity index (χ1n) is 12.8. The molecular weight excluding hydrogens is 492 g/mol. The summed E-state index contributed by atoms with van der Waals surface area (Å²) in [5, 5.41) is 60.1. The molecule has 0 spiro atoms. The van der Waals surface area contributed by atoms with E-state index in [0.29, 0.717) is 23.6 Å². The highest BCUT2D eigenvalue weighted by Gasteiger charge is 2.67. The fourth-order valence-electron chi connectivity index (χ4n) is 6.41. The summed E-state index contributed by atoms with van der Waals surface area (Å²) < 4.78 is 0. The van der Waals surface area contributed by atoms with Gasteiger partial charge in [-0.1, -0.05) is 32.9 Å². The predicted molar refractivity (Wildman–Crippen MR) is 138 cm³/mol. The lowest BCUT2D eigenvalue weighted by molar-refractivity contribution is -0.162. The van der Waals surface area contributed by atoms with E-state index in [-0.39, 0.29) is 23.4 Å². The number of nitrogens with zero attached hydrogens (tertiary/aromatic N) is 1. The molecule has 0 aromatic heterocycles. The number of rotatable bonds is 6. The summed E-state index contributed by atoms with van der Waals surface area (Å²) in [6.45, 7) is 7.81. The highest BCUT2D eigenvalue weighted by atomic mass is 16.4. The summed E-state index contributed by atoms with van der Waals surface area (Å²) in [4.78, 5) is 41.1. The highest BCUT2D eigenvalue weighted by Crippen LogP contribution is 2.55. The van der Waals surface area contributed by atoms with E-state index >= 15 is 0 Å². The molecule has 3 aliphatic carbocycles. The standard InChI is InChI=1S/C28H36N2O8/c1-11(2)9-29-10-14-7-8-15-12(3)16-19(23(33)18(15)22(14)32)27(37)28(38)20(24(16)34)21(30(5)6)25(35)17(13(4)31)26(28)36/h7-8,11-12,16,20-21,24,29,32,34-35,37-38H,9-10H2,1-6H3/t12-,16+,20+,21-,24-,28+/m0/s1. The van der Waals surface area contributed by atoms with Crippen molar-refractivity contribution in [2.45, 2.75) is 57.9 Å². The van der Waals surface area contributed by atoms with Crippen LogP contribution in [-0.4, -0.2) is 86.2 Å². The van der Waals surface area contributed by atoms with Crippen LogP contribution < -0.4 is 5.32 Å². The topological polar surface area (TPSA) is 168 Å². The molecule has 0 unspecified atom stereocenters. The molecule has 0 bridgehead atoms. The van der Waals surface area contributed by atoms with Gasteiger partial charge in [-0.15, -0.1) is 0 Å². The minimum absolute atomic E-state index is 0.0639. The molecule has 1 aromatic carbocycles. The molecule has 6 N–H and O–H groups in total. The summed E-state index contributed by atoms with van der Waals surface area (Å²) in [7, 11) is 3.07. The number of phenolic OH excluding ortho intramolecular Hbond substituents is 1. The first-order valence-corrected chi connectivity index (χ1v) is 12.8. The van der Waals surface area contributed by atoms with Crippen LogP contribution in [0.15, 0.2) is 34.8 Å². The van der Waals surface area contributed by atoms with Crippen LogP contribution in [0.2, 0.25) is 0 Å². The number of likely N-dealkylation sites (N-methyl/N-ethyl adjacent to an activating group) is 1. The van der Waals surface area contributed by atoms with Gasteiger partial charge in [0.1, 0.15) is 22.8 Å². The number of aliphatic hydroxyl groups is 4. The number of ketones is 3. The number of aliphatic hydroxyl groups excluding tert-OH is 3. The minimum Gasteiger partial charge on any atom is -0.510 e. The molecule has 1 aromatic rings. The Balaban J connectivity index is 1.93. The maximum atomic E-state index is 13.9. The molecule has 0 amide bonds. The van der Waals surface area contributed by atoms with Gasteiger partial charge in [0, 0.05) is 23.6 Å². The van der Waals surface area contributed by atoms with E-state index in [1.54, 1.807) is 19.1 Å². The smallest absolute Gasteiger partial charge is 0.209 e. The molecule has 206 valence electrons. The summed E-state index contributed by atoms with van der Waals surface area (Å²) in [5.74, 6) is -7.55. The number of benzene rings is 1. The average Bonchev–Trinajstić information content (AvgIpc) is 2.82. The SMILES string of the molecule is CC(=O)C1=C(O)[C@@H](N(C)C)[C@@H]2[C@@H](O)[C@H]3C(=C(O)[C@]2(O)C1=O)C(=O)c1c(ccc(CNCC(C)C)c1O)[C@@H]3C. The summed E-state index contributed by atoms with van der Waals surface area (Å²) >= 11 is 0. The molecule has 3 aliphatic rings. The number of Topliss-reactive ketones (excluding diaryl/α,β-unsaturated/α-hetero) is 3. The summed E-state index contributed by atoms with van der Waals surface area (Å²) in [5.41, 5.74) is -3.06. The maximum Gasteiger partial charge on any atom is 0.209 e. The van der Waals surface area contributed by atoms with Crippen LogP contribution in [0, 0.1) is 17.8 Å². The van der Waals surface area contributed by atoms with E-state index in [1.807, 2.05) is 13.8 Å². The van der Waals surface area contributed by atoms with Crippen molar-refractivity contribution < 1.29 is 39.9 Å². The summed E-state index contributed by atoms with van der Waals surface area (Å²) in [6.07, 6.45) is -1.57. The van der Waals surface area contributed by atoms with Gasteiger partial charge >= 0.3 is 0 Å². The van der Waals surface area contributed by atoms with Crippen molar-refractivity contribution in [3.05, 3.63) is 51.5 Å². The van der Waals surface area contributed by atoms with Crippen LogP contribution >= 0.6 is 0 Å². The zero-order valence-corrected chi connectivity index (χ0v) is 22.4. The lowest BCUT2D eigenvalue weighted by Gasteiger charge is -2.53. The highest BCUT2D eigenvalue weighted by molar-refractivity contribution is 6.25. The third kappa shape index (κ3) is 3.81. The quantitative estimate of drug-likeness (QED) is 0.298. The molecule has 0 radical (unpaired) electrons. The van der Waals surface area contributed by atoms with Gasteiger partial charge in [-0.3, -0.25) is 19.3 Å². The molecule has 4 rings (SSSR count). The van der Waals surface area contributed by atoms with E-state index in [2.05, 4.69) is 5.32 Å². The average molecular weight is 529 g/mol. The van der Waals surface area contributed by atoms with Gasteiger partial charge in [-0.25, -0.2) is 0 Å². The molecule has 6 atom stereocenters. The number of fused-ring (bicyclic) bond motifs is 3. The Hall–Kier alpha value is -3.05. The van der Waals surface area contributed by atoms with E-state index in [4.69, 9.17) is 0 Å². The van der Waals surface area contributed by atoms with Crippen LogP contribution in [0.3, 0.4) is 0 Å². The molecule has 0 saturated heterocycles. The van der Waals surface area contributed by atoms with Crippen LogP contribution in [0.25, 0.3) is 0 Å². The Morgan fingerprint density at radius 2 is 1.79 bits per heavy atom. The molecule has 38 heavy (non-hydrogen) atoms. The van der Waals surface area contributed by atoms with Crippen molar-refractivity contribution >= 4 is 17.3 Å². The van der Waals surface area contributed by atoms with Crippen molar-refractivity contribution in [3.8, 4) is 5.75 Å². The van der Waals surface area contributed by atoms with Crippen molar-refractivity contribution in [2.24, 2.45) is 17.8 Å². The zero-order chi connectivity index (χ0) is 28.4. The molecule has 10 nitrogen and oxygen atoms in total. The fourth-order valence-corrected chi connectivity index (χ4v) is 6.41. The van der Waals surface area contributed by atoms with Crippen LogP contribution in [0.5, 0.6) is 5.75 Å². The number of hydrogen-bond acceptors (Lipinski definition) is 10. The number of carbonyl (C=O) groups is 3. The lowest BCUT2D eigenvalue weighted by Crippen LogP contribution is -2.68. The van der Waals surface area contributed by atoms with E-state index in [0.717, 1.165) is 6.92 Å². The second-order valence-corrected chi connectivity index (χ2v) is 11.3. The predicted octanol–water partition coefficient (Wildman–Crippen LogP) is 1.50. The van der Waals surface area contributed by atoms with Gasteiger partial charge in [0.15, 0.2) is 17.2 Å². The van der Waals surface area contributed by atoms with E-state index < -0.39 is 69.9 Å². The molecule has 0 saturated carbocycles. The third-order valence-corrected chi connectivity index (χ3v) is 8.19. The molecule has 0 fully saturated rings. The Morgan fingerprint density at radius 3 is 2.34 bits per heavy atom.